The van der Waals surface area contributed by atoms with Crippen LogP contribution < -0.4 is 4.74 Å². The lowest BCUT2D eigenvalue weighted by Crippen LogP contribution is -2.42. The Balaban J connectivity index is 1.87. The molecule has 0 aliphatic carbocycles. The maximum atomic E-state index is 11.2. The first-order valence-electron chi connectivity index (χ1n) is 7.78. The summed E-state index contributed by atoms with van der Waals surface area (Å²) in [6, 6.07) is 16.8. The predicted molar refractivity (Wildman–Crippen MR) is 88.8 cm³/mol. The first-order valence-corrected chi connectivity index (χ1v) is 7.78. The van der Waals surface area contributed by atoms with Crippen molar-refractivity contribution in [2.75, 3.05) is 20.1 Å². The lowest BCUT2D eigenvalue weighted by molar-refractivity contribution is -0.386. The van der Waals surface area contributed by atoms with Crippen molar-refractivity contribution in [3.8, 4) is 5.75 Å². The van der Waals surface area contributed by atoms with Gasteiger partial charge in [0.2, 0.25) is 0 Å². The lowest BCUT2D eigenvalue weighted by Gasteiger charge is -2.37. The van der Waals surface area contributed by atoms with E-state index in [0.29, 0.717) is 5.75 Å². The molecule has 0 aromatic heterocycles. The normalized spacial score (nSPS) is 21.8. The number of hydrogen-bond donors (Lipinski definition) is 0. The molecular weight excluding hydrogens is 292 g/mol. The predicted octanol–water partition coefficient (Wildman–Crippen LogP) is 3.46. The quantitative estimate of drug-likeness (QED) is 0.641. The van der Waals surface area contributed by atoms with E-state index in [0.717, 1.165) is 19.5 Å². The van der Waals surface area contributed by atoms with E-state index >= 15 is 0 Å². The van der Waals surface area contributed by atoms with E-state index in [1.54, 1.807) is 18.2 Å². The SMILES string of the molecule is CN1CC[C@@H](Oc2ccccc2[N+](=O)[O-])[C@@H](c2ccccc2)C1. The molecule has 5 heteroatoms. The van der Waals surface area contributed by atoms with Crippen LogP contribution in [0.5, 0.6) is 5.75 Å². The van der Waals surface area contributed by atoms with Gasteiger partial charge in [0.1, 0.15) is 6.10 Å². The van der Waals surface area contributed by atoms with Gasteiger partial charge < -0.3 is 9.64 Å². The van der Waals surface area contributed by atoms with Crippen molar-refractivity contribution in [2.45, 2.75) is 18.4 Å². The molecule has 1 aliphatic rings. The van der Waals surface area contributed by atoms with Gasteiger partial charge in [-0.3, -0.25) is 10.1 Å². The van der Waals surface area contributed by atoms with Gasteiger partial charge >= 0.3 is 5.69 Å². The molecule has 0 amide bonds. The lowest BCUT2D eigenvalue weighted by atomic mass is 9.88. The third-order valence-electron chi connectivity index (χ3n) is 4.32. The second kappa shape index (κ2) is 6.79. The van der Waals surface area contributed by atoms with Gasteiger partial charge in [0.25, 0.3) is 0 Å². The summed E-state index contributed by atoms with van der Waals surface area (Å²) in [6.07, 6.45) is 0.789. The largest absolute Gasteiger partial charge is 0.483 e. The van der Waals surface area contributed by atoms with E-state index in [-0.39, 0.29) is 22.6 Å². The van der Waals surface area contributed by atoms with Crippen LogP contribution in [0.1, 0.15) is 17.9 Å². The Hall–Kier alpha value is -2.40. The minimum absolute atomic E-state index is 0.0261. The molecule has 0 bridgehead atoms. The molecule has 0 radical (unpaired) electrons. The van der Waals surface area contributed by atoms with Crippen molar-refractivity contribution < 1.29 is 9.66 Å². The molecule has 2 aromatic rings. The van der Waals surface area contributed by atoms with Crippen LogP contribution >= 0.6 is 0 Å². The number of rotatable bonds is 4. The Bertz CT molecular complexity index is 675. The van der Waals surface area contributed by atoms with E-state index in [1.807, 2.05) is 18.2 Å². The molecule has 1 saturated heterocycles. The van der Waals surface area contributed by atoms with Crippen LogP contribution in [0.3, 0.4) is 0 Å². The number of nitrogens with zero attached hydrogens (tertiary/aromatic N) is 2. The maximum Gasteiger partial charge on any atom is 0.310 e. The van der Waals surface area contributed by atoms with Crippen LogP contribution in [-0.2, 0) is 0 Å². The Morgan fingerprint density at radius 1 is 1.13 bits per heavy atom. The third-order valence-corrected chi connectivity index (χ3v) is 4.32. The first kappa shape index (κ1) is 15.5. The summed E-state index contributed by atoms with van der Waals surface area (Å²) in [6.45, 7) is 1.81. The zero-order chi connectivity index (χ0) is 16.2. The van der Waals surface area contributed by atoms with Crippen LogP contribution in [0.25, 0.3) is 0 Å². The molecule has 1 fully saturated rings. The molecule has 0 spiro atoms. The highest BCUT2D eigenvalue weighted by atomic mass is 16.6. The highest BCUT2D eigenvalue weighted by Gasteiger charge is 2.32. The van der Waals surface area contributed by atoms with Gasteiger partial charge in [-0.15, -0.1) is 0 Å². The number of hydrogen-bond acceptors (Lipinski definition) is 4. The number of para-hydroxylation sites is 2. The molecule has 120 valence electrons. The molecule has 3 rings (SSSR count). The Morgan fingerprint density at radius 3 is 2.57 bits per heavy atom. The summed E-state index contributed by atoms with van der Waals surface area (Å²) in [5, 5.41) is 11.2. The molecule has 0 unspecified atom stereocenters. The highest BCUT2D eigenvalue weighted by Crippen LogP contribution is 2.34. The number of piperidine rings is 1. The summed E-state index contributed by atoms with van der Waals surface area (Å²) >= 11 is 0. The molecule has 0 saturated carbocycles. The van der Waals surface area contributed by atoms with Gasteiger partial charge in [0.05, 0.1) is 4.92 Å². The average Bonchev–Trinajstić information content (AvgIpc) is 2.57. The molecule has 2 atom stereocenters. The van der Waals surface area contributed by atoms with Crippen molar-refractivity contribution in [3.63, 3.8) is 0 Å². The van der Waals surface area contributed by atoms with E-state index in [4.69, 9.17) is 4.74 Å². The zero-order valence-corrected chi connectivity index (χ0v) is 13.1. The van der Waals surface area contributed by atoms with E-state index in [9.17, 15) is 10.1 Å². The molecule has 23 heavy (non-hydrogen) atoms. The van der Waals surface area contributed by atoms with Crippen LogP contribution in [0.15, 0.2) is 54.6 Å². The van der Waals surface area contributed by atoms with Gasteiger partial charge in [-0.25, -0.2) is 0 Å². The summed E-state index contributed by atoms with van der Waals surface area (Å²) in [7, 11) is 2.09. The summed E-state index contributed by atoms with van der Waals surface area (Å²) in [5.74, 6) is 0.558. The summed E-state index contributed by atoms with van der Waals surface area (Å²) < 4.78 is 6.09. The number of nitro groups is 1. The molecule has 2 aromatic carbocycles. The van der Waals surface area contributed by atoms with Crippen molar-refractivity contribution in [1.82, 2.24) is 4.90 Å². The van der Waals surface area contributed by atoms with Crippen molar-refractivity contribution >= 4 is 5.69 Å². The van der Waals surface area contributed by atoms with Crippen LogP contribution in [0.2, 0.25) is 0 Å². The Morgan fingerprint density at radius 2 is 1.83 bits per heavy atom. The summed E-state index contributed by atoms with van der Waals surface area (Å²) in [5.41, 5.74) is 1.24. The number of likely N-dealkylation sites (N-methyl/N-ethyl adjacent to an activating group) is 1. The minimum atomic E-state index is -0.387. The average molecular weight is 312 g/mol. The second-order valence-electron chi connectivity index (χ2n) is 5.95. The van der Waals surface area contributed by atoms with E-state index in [2.05, 4.69) is 24.1 Å². The molecule has 1 heterocycles. The number of nitro benzene ring substituents is 1. The minimum Gasteiger partial charge on any atom is -0.483 e. The van der Waals surface area contributed by atoms with Crippen molar-refractivity contribution in [2.24, 2.45) is 0 Å². The molecule has 5 nitrogen and oxygen atoms in total. The fraction of sp³-hybridized carbons (Fsp3) is 0.333. The van der Waals surface area contributed by atoms with E-state index < -0.39 is 0 Å². The third kappa shape index (κ3) is 3.51. The van der Waals surface area contributed by atoms with E-state index in [1.165, 1.54) is 11.6 Å². The van der Waals surface area contributed by atoms with Crippen molar-refractivity contribution in [3.05, 3.63) is 70.3 Å². The van der Waals surface area contributed by atoms with Gasteiger partial charge in [-0.05, 0) is 25.1 Å². The second-order valence-corrected chi connectivity index (χ2v) is 5.95. The fourth-order valence-electron chi connectivity index (χ4n) is 3.13. The topological polar surface area (TPSA) is 55.6 Å². The standard InChI is InChI=1S/C18H20N2O3/c1-19-12-11-17(15(13-19)14-7-3-2-4-8-14)23-18-10-6-5-9-16(18)20(21)22/h2-10,15,17H,11-13H2,1H3/t15-,17-/m1/s1. The van der Waals surface area contributed by atoms with Gasteiger partial charge in [0, 0.05) is 25.1 Å². The van der Waals surface area contributed by atoms with Crippen LogP contribution in [0.4, 0.5) is 5.69 Å². The van der Waals surface area contributed by atoms with Crippen LogP contribution in [-0.4, -0.2) is 36.1 Å². The maximum absolute atomic E-state index is 11.2. The fourth-order valence-corrected chi connectivity index (χ4v) is 3.13. The summed E-state index contributed by atoms with van der Waals surface area (Å²) in [4.78, 5) is 13.1. The first-order chi connectivity index (χ1) is 11.1. The molecular formula is C18H20N2O3. The van der Waals surface area contributed by atoms with Crippen molar-refractivity contribution in [1.29, 1.82) is 0 Å². The monoisotopic (exact) mass is 312 g/mol. The van der Waals surface area contributed by atoms with Gasteiger partial charge in [-0.2, -0.15) is 0 Å². The number of ether oxygens (including phenoxy) is 1. The molecule has 1 aliphatic heterocycles. The Kier molecular flexibility index (Phi) is 4.57. The Labute approximate surface area is 135 Å². The zero-order valence-electron chi connectivity index (χ0n) is 13.1. The highest BCUT2D eigenvalue weighted by molar-refractivity contribution is 5.46. The number of likely N-dealkylation sites (tertiary alicyclic amines) is 1. The van der Waals surface area contributed by atoms with Gasteiger partial charge in [0.15, 0.2) is 5.75 Å². The number of benzene rings is 2. The van der Waals surface area contributed by atoms with Crippen LogP contribution in [0, 0.1) is 10.1 Å². The smallest absolute Gasteiger partial charge is 0.310 e. The molecule has 0 N–H and O–H groups in total. The van der Waals surface area contributed by atoms with Gasteiger partial charge in [-0.1, -0.05) is 42.5 Å².